The van der Waals surface area contributed by atoms with Crippen LogP contribution in [0.5, 0.6) is 0 Å². The molecule has 1 aromatic rings. The Morgan fingerprint density at radius 2 is 1.83 bits per heavy atom. The summed E-state index contributed by atoms with van der Waals surface area (Å²) in [5.74, 6) is 0.997. The summed E-state index contributed by atoms with van der Waals surface area (Å²) in [4.78, 5) is 4.65. The highest BCUT2D eigenvalue weighted by atomic mass is 15.0. The van der Waals surface area contributed by atoms with Gasteiger partial charge in [-0.2, -0.15) is 0 Å². The summed E-state index contributed by atoms with van der Waals surface area (Å²) >= 11 is 0. The Hall–Kier alpha value is -1.09. The summed E-state index contributed by atoms with van der Waals surface area (Å²) < 4.78 is 0. The van der Waals surface area contributed by atoms with Gasteiger partial charge in [0, 0.05) is 24.3 Å². The van der Waals surface area contributed by atoms with Gasteiger partial charge >= 0.3 is 0 Å². The van der Waals surface area contributed by atoms with Crippen molar-refractivity contribution in [2.24, 2.45) is 0 Å². The first-order valence-corrected chi connectivity index (χ1v) is 7.01. The van der Waals surface area contributed by atoms with Crippen LogP contribution in [0.2, 0.25) is 0 Å². The van der Waals surface area contributed by atoms with Crippen molar-refractivity contribution in [2.75, 3.05) is 5.32 Å². The molecule has 0 atom stereocenters. The van der Waals surface area contributed by atoms with Crippen molar-refractivity contribution in [1.29, 1.82) is 0 Å². The molecule has 1 aromatic heterocycles. The number of anilines is 1. The molecular formula is C15H27N3. The lowest BCUT2D eigenvalue weighted by molar-refractivity contribution is 0.588. The van der Waals surface area contributed by atoms with Crippen molar-refractivity contribution in [3.63, 3.8) is 0 Å². The Morgan fingerprint density at radius 1 is 1.11 bits per heavy atom. The van der Waals surface area contributed by atoms with Crippen LogP contribution in [0.4, 0.5) is 5.82 Å². The van der Waals surface area contributed by atoms with Gasteiger partial charge in [-0.15, -0.1) is 0 Å². The molecule has 0 spiro atoms. The van der Waals surface area contributed by atoms with Crippen molar-refractivity contribution < 1.29 is 0 Å². The number of rotatable bonds is 7. The Labute approximate surface area is 111 Å². The highest BCUT2D eigenvalue weighted by molar-refractivity contribution is 5.40. The zero-order valence-corrected chi connectivity index (χ0v) is 12.4. The third-order valence-corrected chi connectivity index (χ3v) is 2.60. The lowest BCUT2D eigenvalue weighted by atomic mass is 10.1. The summed E-state index contributed by atoms with van der Waals surface area (Å²) in [5, 5.41) is 6.85. The number of nitrogens with one attached hydrogen (secondary N) is 2. The molecule has 1 rings (SSSR count). The van der Waals surface area contributed by atoms with E-state index in [1.54, 1.807) is 0 Å². The largest absolute Gasteiger partial charge is 0.368 e. The lowest BCUT2D eigenvalue weighted by Crippen LogP contribution is -2.22. The second-order valence-corrected chi connectivity index (χ2v) is 5.44. The standard InChI is InChI=1S/C15H27N3/c1-6-7-14-8-13(10-16-11(2)3)9-15(18-14)17-12(4)5/h8-9,11-12,16H,6-7,10H2,1-5H3,(H,17,18). The van der Waals surface area contributed by atoms with Crippen molar-refractivity contribution in [2.45, 2.75) is 66.1 Å². The molecule has 3 heteroatoms. The fourth-order valence-electron chi connectivity index (χ4n) is 1.83. The number of hydrogen-bond acceptors (Lipinski definition) is 3. The predicted molar refractivity (Wildman–Crippen MR) is 79.0 cm³/mol. The molecule has 0 radical (unpaired) electrons. The fourth-order valence-corrected chi connectivity index (χ4v) is 1.83. The molecule has 0 aliphatic rings. The van der Waals surface area contributed by atoms with Crippen molar-refractivity contribution in [3.05, 3.63) is 23.4 Å². The number of nitrogens with zero attached hydrogens (tertiary/aromatic N) is 1. The molecular weight excluding hydrogens is 222 g/mol. The van der Waals surface area contributed by atoms with Crippen molar-refractivity contribution in [3.8, 4) is 0 Å². The SMILES string of the molecule is CCCc1cc(CNC(C)C)cc(NC(C)C)n1. The van der Waals surface area contributed by atoms with E-state index in [1.807, 2.05) is 0 Å². The van der Waals surface area contributed by atoms with Gasteiger partial charge in [-0.3, -0.25) is 0 Å². The van der Waals surface area contributed by atoms with Crippen LogP contribution in [0.25, 0.3) is 0 Å². The Morgan fingerprint density at radius 3 is 2.39 bits per heavy atom. The van der Waals surface area contributed by atoms with Crippen LogP contribution in [-0.2, 0) is 13.0 Å². The van der Waals surface area contributed by atoms with Crippen molar-refractivity contribution >= 4 is 5.82 Å². The summed E-state index contributed by atoms with van der Waals surface area (Å²) in [5.41, 5.74) is 2.49. The predicted octanol–water partition coefficient (Wildman–Crippen LogP) is 3.35. The first kappa shape index (κ1) is 15.0. The fraction of sp³-hybridized carbons (Fsp3) is 0.667. The van der Waals surface area contributed by atoms with Gasteiger partial charge in [0.25, 0.3) is 0 Å². The first-order chi connectivity index (χ1) is 8.51. The van der Waals surface area contributed by atoms with Crippen LogP contribution in [0.3, 0.4) is 0 Å². The number of aromatic nitrogens is 1. The Balaban J connectivity index is 2.83. The highest BCUT2D eigenvalue weighted by Gasteiger charge is 2.04. The molecule has 0 aliphatic heterocycles. The minimum Gasteiger partial charge on any atom is -0.368 e. The van der Waals surface area contributed by atoms with E-state index in [2.05, 4.69) is 62.4 Å². The van der Waals surface area contributed by atoms with E-state index >= 15 is 0 Å². The maximum absolute atomic E-state index is 4.65. The van der Waals surface area contributed by atoms with Crippen LogP contribution in [0.15, 0.2) is 12.1 Å². The second-order valence-electron chi connectivity index (χ2n) is 5.44. The normalized spacial score (nSPS) is 11.3. The maximum Gasteiger partial charge on any atom is 0.126 e. The van der Waals surface area contributed by atoms with E-state index in [-0.39, 0.29) is 0 Å². The molecule has 18 heavy (non-hydrogen) atoms. The van der Waals surface area contributed by atoms with Gasteiger partial charge in [-0.25, -0.2) is 4.98 Å². The molecule has 0 saturated heterocycles. The highest BCUT2D eigenvalue weighted by Crippen LogP contribution is 2.13. The van der Waals surface area contributed by atoms with Crippen LogP contribution in [-0.4, -0.2) is 17.1 Å². The average molecular weight is 249 g/mol. The van der Waals surface area contributed by atoms with E-state index < -0.39 is 0 Å². The van der Waals surface area contributed by atoms with E-state index in [0.717, 1.165) is 25.2 Å². The van der Waals surface area contributed by atoms with Gasteiger partial charge in [-0.1, -0.05) is 27.2 Å². The number of pyridine rings is 1. The van der Waals surface area contributed by atoms with Crippen LogP contribution >= 0.6 is 0 Å². The minimum absolute atomic E-state index is 0.417. The number of aryl methyl sites for hydroxylation is 1. The molecule has 0 aromatic carbocycles. The van der Waals surface area contributed by atoms with Gasteiger partial charge in [0.1, 0.15) is 5.82 Å². The molecule has 2 N–H and O–H groups in total. The van der Waals surface area contributed by atoms with E-state index in [4.69, 9.17) is 0 Å². The van der Waals surface area contributed by atoms with Gasteiger partial charge < -0.3 is 10.6 Å². The summed E-state index contributed by atoms with van der Waals surface area (Å²) in [6.45, 7) is 11.7. The molecule has 0 bridgehead atoms. The number of hydrogen-bond donors (Lipinski definition) is 2. The maximum atomic E-state index is 4.65. The lowest BCUT2D eigenvalue weighted by Gasteiger charge is -2.14. The third-order valence-electron chi connectivity index (χ3n) is 2.60. The topological polar surface area (TPSA) is 37.0 Å². The summed E-state index contributed by atoms with van der Waals surface area (Å²) in [6, 6.07) is 5.29. The quantitative estimate of drug-likeness (QED) is 0.778. The smallest absolute Gasteiger partial charge is 0.126 e. The van der Waals surface area contributed by atoms with Crippen molar-refractivity contribution in [1.82, 2.24) is 10.3 Å². The van der Waals surface area contributed by atoms with Crippen LogP contribution in [0.1, 0.15) is 52.3 Å². The first-order valence-electron chi connectivity index (χ1n) is 7.01. The van der Waals surface area contributed by atoms with Gasteiger partial charge in [-0.05, 0) is 38.0 Å². The molecule has 0 fully saturated rings. The Kier molecular flexibility index (Phi) is 6.13. The molecule has 1 heterocycles. The minimum atomic E-state index is 0.417. The molecule has 0 aliphatic carbocycles. The summed E-state index contributed by atoms with van der Waals surface area (Å²) in [7, 11) is 0. The third kappa shape index (κ3) is 5.50. The Bertz CT molecular complexity index is 359. The van der Waals surface area contributed by atoms with Gasteiger partial charge in [0.15, 0.2) is 0 Å². The zero-order chi connectivity index (χ0) is 13.5. The molecule has 0 saturated carbocycles. The average Bonchev–Trinajstić information content (AvgIpc) is 2.25. The van der Waals surface area contributed by atoms with E-state index in [1.165, 1.54) is 11.3 Å². The molecule has 3 nitrogen and oxygen atoms in total. The second kappa shape index (κ2) is 7.37. The molecule has 0 amide bonds. The van der Waals surface area contributed by atoms with Crippen LogP contribution < -0.4 is 10.6 Å². The van der Waals surface area contributed by atoms with Gasteiger partial charge in [0.2, 0.25) is 0 Å². The monoisotopic (exact) mass is 249 g/mol. The zero-order valence-electron chi connectivity index (χ0n) is 12.4. The molecule has 0 unspecified atom stereocenters. The van der Waals surface area contributed by atoms with E-state index in [0.29, 0.717) is 12.1 Å². The van der Waals surface area contributed by atoms with Gasteiger partial charge in [0.05, 0.1) is 0 Å². The molecule has 102 valence electrons. The van der Waals surface area contributed by atoms with Crippen LogP contribution in [0, 0.1) is 0 Å². The summed E-state index contributed by atoms with van der Waals surface area (Å²) in [6.07, 6.45) is 2.18. The van der Waals surface area contributed by atoms with E-state index in [9.17, 15) is 0 Å².